The summed E-state index contributed by atoms with van der Waals surface area (Å²) in [4.78, 5) is 32.5. The van der Waals surface area contributed by atoms with Crippen molar-refractivity contribution in [3.05, 3.63) is 52.8 Å². The van der Waals surface area contributed by atoms with Crippen LogP contribution in [-0.4, -0.2) is 32.2 Å². The third kappa shape index (κ3) is 4.65. The summed E-state index contributed by atoms with van der Waals surface area (Å²) in [5, 5.41) is 25.8. The largest absolute Gasteiger partial charge is 0.506 e. The second-order valence-corrected chi connectivity index (χ2v) is 3.57. The Kier molecular flexibility index (Phi) is 5.04. The van der Waals surface area contributed by atoms with Crippen LogP contribution in [0.5, 0.6) is 5.75 Å². The summed E-state index contributed by atoms with van der Waals surface area (Å²) < 4.78 is 0. The smallest absolute Gasteiger partial charge is 0.328 e. The molecule has 2 rings (SSSR count). The van der Waals surface area contributed by atoms with Gasteiger partial charge in [-0.05, 0) is 12.1 Å². The van der Waals surface area contributed by atoms with E-state index in [0.29, 0.717) is 17.7 Å². The van der Waals surface area contributed by atoms with Crippen molar-refractivity contribution in [2.45, 2.75) is 0 Å². The number of phenols is 1. The molecule has 7 nitrogen and oxygen atoms in total. The number of carboxylic acids is 2. The molecule has 7 heteroatoms. The number of aliphatic carboxylic acids is 2. The number of hydrogen-bond donors (Lipinski definition) is 4. The van der Waals surface area contributed by atoms with Crippen molar-refractivity contribution in [2.75, 3.05) is 0 Å². The number of carbonyl (C=O) groups is 2. The minimum atomic E-state index is -1.26. The van der Waals surface area contributed by atoms with Gasteiger partial charge in [-0.1, -0.05) is 12.1 Å². The van der Waals surface area contributed by atoms with E-state index in [0.717, 1.165) is 5.39 Å². The number of aromatic hydroxyl groups is 1. The van der Waals surface area contributed by atoms with Crippen LogP contribution in [0.1, 0.15) is 0 Å². The summed E-state index contributed by atoms with van der Waals surface area (Å²) in [6.45, 7) is 0. The number of para-hydroxylation sites is 1. The molecule has 0 fully saturated rings. The third-order valence-electron chi connectivity index (χ3n) is 2.11. The van der Waals surface area contributed by atoms with Gasteiger partial charge in [-0.2, -0.15) is 0 Å². The molecular weight excluding hydrogens is 266 g/mol. The number of aromatic amines is 1. The Morgan fingerprint density at radius 1 is 1.00 bits per heavy atom. The predicted octanol–water partition coefficient (Wildman–Crippen LogP) is 0.945. The van der Waals surface area contributed by atoms with Crippen LogP contribution in [-0.2, 0) is 9.59 Å². The molecule has 0 amide bonds. The van der Waals surface area contributed by atoms with Gasteiger partial charge in [0.05, 0.1) is 5.52 Å². The van der Waals surface area contributed by atoms with E-state index in [-0.39, 0.29) is 11.3 Å². The Bertz CT molecular complexity index is 700. The fourth-order valence-electron chi connectivity index (χ4n) is 1.31. The SMILES string of the molecule is O=C(O)/C=C\C(=O)O.O=c1ccc2cccc(O)c2[nH]1. The van der Waals surface area contributed by atoms with E-state index in [4.69, 9.17) is 10.2 Å². The number of H-pyrrole nitrogens is 1. The molecule has 20 heavy (non-hydrogen) atoms. The third-order valence-corrected chi connectivity index (χ3v) is 2.11. The zero-order valence-corrected chi connectivity index (χ0v) is 10.1. The van der Waals surface area contributed by atoms with Gasteiger partial charge < -0.3 is 20.3 Å². The highest BCUT2D eigenvalue weighted by Crippen LogP contribution is 2.19. The molecule has 0 saturated heterocycles. The first-order chi connectivity index (χ1) is 9.40. The highest BCUT2D eigenvalue weighted by Gasteiger charge is 1.97. The van der Waals surface area contributed by atoms with Gasteiger partial charge in [-0.25, -0.2) is 9.59 Å². The van der Waals surface area contributed by atoms with E-state index in [1.165, 1.54) is 12.1 Å². The minimum absolute atomic E-state index is 0.102. The van der Waals surface area contributed by atoms with Gasteiger partial charge in [0, 0.05) is 23.6 Å². The molecule has 2 aromatic rings. The van der Waals surface area contributed by atoms with E-state index in [1.54, 1.807) is 12.1 Å². The van der Waals surface area contributed by atoms with Crippen molar-refractivity contribution in [3.8, 4) is 5.75 Å². The molecule has 1 aromatic carbocycles. The zero-order chi connectivity index (χ0) is 15.1. The van der Waals surface area contributed by atoms with E-state index in [1.807, 2.05) is 6.07 Å². The van der Waals surface area contributed by atoms with E-state index < -0.39 is 11.9 Å². The summed E-state index contributed by atoms with van der Waals surface area (Å²) >= 11 is 0. The number of fused-ring (bicyclic) bond motifs is 1. The molecule has 0 spiro atoms. The topological polar surface area (TPSA) is 128 Å². The lowest BCUT2D eigenvalue weighted by atomic mass is 10.2. The molecule has 1 aromatic heterocycles. The average molecular weight is 277 g/mol. The fourth-order valence-corrected chi connectivity index (χ4v) is 1.31. The van der Waals surface area contributed by atoms with E-state index >= 15 is 0 Å². The second kappa shape index (κ2) is 6.74. The molecule has 104 valence electrons. The molecular formula is C13H11NO6. The van der Waals surface area contributed by atoms with Crippen LogP contribution in [0.4, 0.5) is 0 Å². The van der Waals surface area contributed by atoms with E-state index in [2.05, 4.69) is 4.98 Å². The molecule has 0 radical (unpaired) electrons. The van der Waals surface area contributed by atoms with Crippen LogP contribution in [0.15, 0.2) is 47.3 Å². The van der Waals surface area contributed by atoms with Crippen LogP contribution in [0, 0.1) is 0 Å². The van der Waals surface area contributed by atoms with Crippen molar-refractivity contribution in [2.24, 2.45) is 0 Å². The van der Waals surface area contributed by atoms with Crippen LogP contribution in [0.25, 0.3) is 10.9 Å². The number of rotatable bonds is 2. The summed E-state index contributed by atoms with van der Waals surface area (Å²) in [6, 6.07) is 8.20. The lowest BCUT2D eigenvalue weighted by molar-refractivity contribution is -0.134. The summed E-state index contributed by atoms with van der Waals surface area (Å²) in [7, 11) is 0. The maximum atomic E-state index is 10.9. The minimum Gasteiger partial charge on any atom is -0.506 e. The zero-order valence-electron chi connectivity index (χ0n) is 10.1. The number of benzene rings is 1. The highest BCUT2D eigenvalue weighted by molar-refractivity contribution is 5.89. The number of nitrogens with one attached hydrogen (secondary N) is 1. The van der Waals surface area contributed by atoms with Crippen LogP contribution in [0.2, 0.25) is 0 Å². The molecule has 1 heterocycles. The van der Waals surface area contributed by atoms with Crippen LogP contribution >= 0.6 is 0 Å². The Hall–Kier alpha value is -3.09. The maximum Gasteiger partial charge on any atom is 0.328 e. The molecule has 0 aliphatic carbocycles. The lowest BCUT2D eigenvalue weighted by Gasteiger charge is -1.97. The number of hydrogen-bond acceptors (Lipinski definition) is 4. The van der Waals surface area contributed by atoms with Gasteiger partial charge in [0.15, 0.2) is 0 Å². The molecule has 0 unspecified atom stereocenters. The van der Waals surface area contributed by atoms with E-state index in [9.17, 15) is 19.5 Å². The highest BCUT2D eigenvalue weighted by atomic mass is 16.4. The first-order valence-corrected chi connectivity index (χ1v) is 5.35. The summed E-state index contributed by atoms with van der Waals surface area (Å²) in [6.07, 6.45) is 1.12. The fraction of sp³-hybridized carbons (Fsp3) is 0. The Balaban J connectivity index is 0.000000221. The predicted molar refractivity (Wildman–Crippen MR) is 70.6 cm³/mol. The van der Waals surface area contributed by atoms with Gasteiger partial charge in [0.25, 0.3) is 0 Å². The summed E-state index contributed by atoms with van der Waals surface area (Å²) in [5.41, 5.74) is 0.286. The first-order valence-electron chi connectivity index (χ1n) is 5.35. The van der Waals surface area contributed by atoms with Gasteiger partial charge in [-0.15, -0.1) is 0 Å². The normalized spacial score (nSPS) is 10.0. The molecule has 0 aliphatic heterocycles. The quantitative estimate of drug-likeness (QED) is 0.605. The van der Waals surface area contributed by atoms with Crippen molar-refractivity contribution < 1.29 is 24.9 Å². The van der Waals surface area contributed by atoms with Gasteiger partial charge in [0.1, 0.15) is 5.75 Å². The molecule has 0 atom stereocenters. The standard InChI is InChI=1S/C9H7NO2.C4H4O4/c11-7-3-1-2-6-4-5-8(12)10-9(6)7;5-3(6)1-2-4(7)8/h1-5,11H,(H,10,12);1-2H,(H,5,6)(H,7,8)/b;2-1-. The Morgan fingerprint density at radius 3 is 2.15 bits per heavy atom. The number of phenolic OH excluding ortho intramolecular Hbond substituents is 1. The van der Waals surface area contributed by atoms with Crippen LogP contribution < -0.4 is 5.56 Å². The van der Waals surface area contributed by atoms with Gasteiger partial charge in [0.2, 0.25) is 5.56 Å². The molecule has 4 N–H and O–H groups in total. The number of carboxylic acid groups (broad SMARTS) is 2. The number of pyridine rings is 1. The average Bonchev–Trinajstić information content (AvgIpc) is 2.38. The van der Waals surface area contributed by atoms with Crippen LogP contribution in [0.3, 0.4) is 0 Å². The van der Waals surface area contributed by atoms with Gasteiger partial charge in [-0.3, -0.25) is 4.79 Å². The molecule has 0 aliphatic rings. The second-order valence-electron chi connectivity index (χ2n) is 3.57. The molecule has 0 bridgehead atoms. The van der Waals surface area contributed by atoms with Gasteiger partial charge >= 0.3 is 11.9 Å². The Morgan fingerprint density at radius 2 is 1.60 bits per heavy atom. The summed E-state index contributed by atoms with van der Waals surface area (Å²) in [5.74, 6) is -2.41. The van der Waals surface area contributed by atoms with Crippen molar-refractivity contribution in [1.29, 1.82) is 0 Å². The first kappa shape index (κ1) is 15.0. The Labute approximate surface area is 112 Å². The van der Waals surface area contributed by atoms with Crippen molar-refractivity contribution >= 4 is 22.8 Å². The van der Waals surface area contributed by atoms with Crippen molar-refractivity contribution in [1.82, 2.24) is 4.98 Å². The number of aromatic nitrogens is 1. The lowest BCUT2D eigenvalue weighted by Crippen LogP contribution is -2.01. The maximum absolute atomic E-state index is 10.9. The monoisotopic (exact) mass is 277 g/mol. The molecule has 0 saturated carbocycles. The van der Waals surface area contributed by atoms with Crippen molar-refractivity contribution in [3.63, 3.8) is 0 Å².